The Bertz CT molecular complexity index is 1360. The van der Waals surface area contributed by atoms with Crippen LogP contribution >= 0.6 is 0 Å². The van der Waals surface area contributed by atoms with Crippen LogP contribution in [0, 0.1) is 0 Å². The molecule has 0 amide bonds. The molecule has 0 spiro atoms. The number of aliphatic hydroxyl groups excluding tert-OH is 2. The number of aliphatic hydroxyl groups is 2. The smallest absolute Gasteiger partial charge is 0.338 e. The van der Waals surface area contributed by atoms with Gasteiger partial charge in [-0.2, -0.15) is 0 Å². The molecular formula is C31H34O11. The van der Waals surface area contributed by atoms with Gasteiger partial charge in [-0.3, -0.25) is 4.79 Å². The van der Waals surface area contributed by atoms with E-state index in [-0.39, 0.29) is 60.2 Å². The van der Waals surface area contributed by atoms with E-state index in [0.29, 0.717) is 24.0 Å². The van der Waals surface area contributed by atoms with E-state index in [4.69, 9.17) is 14.2 Å². The number of aromatic hydroxyl groups is 4. The third kappa shape index (κ3) is 8.20. The highest BCUT2D eigenvalue weighted by atomic mass is 16.7. The number of ketones is 1. The van der Waals surface area contributed by atoms with Crippen molar-refractivity contribution in [1.29, 1.82) is 0 Å². The second-order valence-corrected chi connectivity index (χ2v) is 10.2. The molecule has 11 heteroatoms. The predicted octanol–water partition coefficient (Wildman–Crippen LogP) is 2.72. The third-order valence-electron chi connectivity index (χ3n) is 6.99. The Hall–Kier alpha value is -4.16. The quantitative estimate of drug-likeness (QED) is 0.136. The van der Waals surface area contributed by atoms with Gasteiger partial charge in [-0.25, -0.2) is 4.79 Å². The van der Waals surface area contributed by atoms with Crippen LogP contribution in [-0.4, -0.2) is 79.7 Å². The largest absolute Gasteiger partial charge is 0.504 e. The van der Waals surface area contributed by atoms with Gasteiger partial charge in [0.1, 0.15) is 18.0 Å². The number of Topliss-reactive ketones (excluding diaryl/α,β-unsaturated/α-hetero) is 1. The minimum absolute atomic E-state index is 0.0774. The first-order chi connectivity index (χ1) is 20.1. The van der Waals surface area contributed by atoms with Crippen LogP contribution < -0.4 is 0 Å². The first-order valence-electron chi connectivity index (χ1n) is 13.5. The second-order valence-electron chi connectivity index (χ2n) is 10.2. The monoisotopic (exact) mass is 582 g/mol. The third-order valence-corrected chi connectivity index (χ3v) is 6.99. The summed E-state index contributed by atoms with van der Waals surface area (Å²) in [4.78, 5) is 25.8. The lowest BCUT2D eigenvalue weighted by Crippen LogP contribution is -2.56. The number of phenolic OH excluding ortho intramolecular Hbond substituents is 4. The molecule has 0 aromatic heterocycles. The second kappa shape index (κ2) is 14.1. The Balaban J connectivity index is 1.47. The summed E-state index contributed by atoms with van der Waals surface area (Å²) < 4.78 is 17.2. The van der Waals surface area contributed by atoms with E-state index < -0.39 is 36.7 Å². The molecule has 1 aliphatic heterocycles. The first kappa shape index (κ1) is 30.8. The van der Waals surface area contributed by atoms with E-state index in [1.165, 1.54) is 36.4 Å². The first-order valence-corrected chi connectivity index (χ1v) is 13.5. The number of carbonyl (C=O) groups excluding carboxylic acids is 2. The van der Waals surface area contributed by atoms with Crippen LogP contribution in [-0.2, 0) is 31.8 Å². The number of phenols is 4. The van der Waals surface area contributed by atoms with E-state index in [9.17, 15) is 40.2 Å². The van der Waals surface area contributed by atoms with Crippen molar-refractivity contribution in [2.45, 2.75) is 62.8 Å². The lowest BCUT2D eigenvalue weighted by atomic mass is 9.99. The van der Waals surface area contributed by atoms with Crippen molar-refractivity contribution >= 4 is 11.8 Å². The average Bonchev–Trinajstić information content (AvgIpc) is 2.98. The topological polar surface area (TPSA) is 183 Å². The Morgan fingerprint density at radius 3 is 2.07 bits per heavy atom. The Morgan fingerprint density at radius 2 is 1.45 bits per heavy atom. The van der Waals surface area contributed by atoms with Gasteiger partial charge in [0.15, 0.2) is 35.4 Å². The van der Waals surface area contributed by atoms with Gasteiger partial charge in [0.2, 0.25) is 0 Å². The summed E-state index contributed by atoms with van der Waals surface area (Å²) in [6, 6.07) is 16.8. The standard InChI is InChI=1S/C31H34O11/c32-21(10-6-18-8-12-23(33)25(35)14-18)16-22(11-7-19-9-13-24(34)26(36)15-19)41-31-29(28(38)27(37)17-40-31)42-30(39)20-4-2-1-3-5-20/h1-5,8-9,12-15,22,27-29,31,33-38H,6-7,10-11,16-17H2/t22-,27-,28+,29-,31+/m0/s1. The fourth-order valence-corrected chi connectivity index (χ4v) is 4.60. The summed E-state index contributed by atoms with van der Waals surface area (Å²) in [6.45, 7) is -0.290. The number of hydrogen-bond donors (Lipinski definition) is 6. The molecule has 1 aliphatic rings. The Morgan fingerprint density at radius 1 is 0.833 bits per heavy atom. The number of carbonyl (C=O) groups is 2. The molecule has 3 aromatic rings. The van der Waals surface area contributed by atoms with Gasteiger partial charge in [0.25, 0.3) is 0 Å². The van der Waals surface area contributed by atoms with Crippen molar-refractivity contribution in [3.8, 4) is 23.0 Å². The van der Waals surface area contributed by atoms with Crippen LogP contribution in [0.4, 0.5) is 0 Å². The highest BCUT2D eigenvalue weighted by Gasteiger charge is 2.43. The summed E-state index contributed by atoms with van der Waals surface area (Å²) in [5.74, 6) is -2.05. The molecule has 1 saturated heterocycles. The lowest BCUT2D eigenvalue weighted by molar-refractivity contribution is -0.281. The molecule has 224 valence electrons. The number of rotatable bonds is 12. The van der Waals surface area contributed by atoms with Gasteiger partial charge in [-0.15, -0.1) is 0 Å². The molecule has 3 aromatic carbocycles. The van der Waals surface area contributed by atoms with E-state index in [0.717, 1.165) is 0 Å². The van der Waals surface area contributed by atoms with Crippen LogP contribution in [0.25, 0.3) is 0 Å². The number of ether oxygens (including phenoxy) is 3. The summed E-state index contributed by atoms with van der Waals surface area (Å²) in [7, 11) is 0. The Labute approximate surface area is 242 Å². The van der Waals surface area contributed by atoms with E-state index in [2.05, 4.69) is 0 Å². The van der Waals surface area contributed by atoms with Crippen LogP contribution in [0.3, 0.4) is 0 Å². The maximum atomic E-state index is 13.0. The fraction of sp³-hybridized carbons (Fsp3) is 0.355. The van der Waals surface area contributed by atoms with Gasteiger partial charge < -0.3 is 44.8 Å². The van der Waals surface area contributed by atoms with Crippen LogP contribution in [0.5, 0.6) is 23.0 Å². The molecule has 0 bridgehead atoms. The number of hydrogen-bond acceptors (Lipinski definition) is 11. The predicted molar refractivity (Wildman–Crippen MR) is 148 cm³/mol. The number of benzene rings is 3. The summed E-state index contributed by atoms with van der Waals surface area (Å²) in [5, 5.41) is 59.6. The van der Waals surface area contributed by atoms with E-state index in [1.54, 1.807) is 30.3 Å². The minimum Gasteiger partial charge on any atom is -0.504 e. The van der Waals surface area contributed by atoms with Gasteiger partial charge in [-0.05, 0) is 66.8 Å². The lowest BCUT2D eigenvalue weighted by Gasteiger charge is -2.38. The van der Waals surface area contributed by atoms with Crippen molar-refractivity contribution in [1.82, 2.24) is 0 Å². The van der Waals surface area contributed by atoms with E-state index in [1.807, 2.05) is 0 Å². The number of esters is 1. The molecule has 11 nitrogen and oxygen atoms in total. The normalized spacial score (nSPS) is 21.0. The average molecular weight is 583 g/mol. The molecule has 42 heavy (non-hydrogen) atoms. The zero-order valence-corrected chi connectivity index (χ0v) is 22.7. The van der Waals surface area contributed by atoms with Crippen molar-refractivity contribution in [2.24, 2.45) is 0 Å². The molecule has 0 radical (unpaired) electrons. The zero-order chi connectivity index (χ0) is 30.2. The molecule has 5 atom stereocenters. The van der Waals surface area contributed by atoms with Gasteiger partial charge in [0, 0.05) is 12.8 Å². The molecule has 4 rings (SSSR count). The molecular weight excluding hydrogens is 548 g/mol. The minimum atomic E-state index is -1.51. The maximum absolute atomic E-state index is 13.0. The van der Waals surface area contributed by atoms with Gasteiger partial charge in [-0.1, -0.05) is 30.3 Å². The van der Waals surface area contributed by atoms with Crippen LogP contribution in [0.1, 0.15) is 40.7 Å². The highest BCUT2D eigenvalue weighted by molar-refractivity contribution is 5.89. The molecule has 0 saturated carbocycles. The highest BCUT2D eigenvalue weighted by Crippen LogP contribution is 2.29. The van der Waals surface area contributed by atoms with Crippen molar-refractivity contribution in [2.75, 3.05) is 6.61 Å². The van der Waals surface area contributed by atoms with Gasteiger partial charge >= 0.3 is 5.97 Å². The van der Waals surface area contributed by atoms with Crippen molar-refractivity contribution in [3.63, 3.8) is 0 Å². The van der Waals surface area contributed by atoms with Gasteiger partial charge in [0.05, 0.1) is 18.3 Å². The van der Waals surface area contributed by atoms with Crippen molar-refractivity contribution < 1.29 is 54.4 Å². The molecule has 0 aliphatic carbocycles. The molecule has 1 heterocycles. The molecule has 1 fully saturated rings. The zero-order valence-electron chi connectivity index (χ0n) is 22.7. The van der Waals surface area contributed by atoms with Crippen LogP contribution in [0.2, 0.25) is 0 Å². The molecule has 6 N–H and O–H groups in total. The molecule has 0 unspecified atom stereocenters. The summed E-state index contributed by atoms with van der Waals surface area (Å²) >= 11 is 0. The van der Waals surface area contributed by atoms with E-state index >= 15 is 0 Å². The number of aryl methyl sites for hydroxylation is 2. The fourth-order valence-electron chi connectivity index (χ4n) is 4.60. The van der Waals surface area contributed by atoms with Crippen LogP contribution in [0.15, 0.2) is 66.7 Å². The van der Waals surface area contributed by atoms with Crippen molar-refractivity contribution in [3.05, 3.63) is 83.4 Å². The summed E-state index contributed by atoms with van der Waals surface area (Å²) in [6.07, 6.45) is -5.40. The maximum Gasteiger partial charge on any atom is 0.338 e. The SMILES string of the molecule is O=C(CCc1ccc(O)c(O)c1)C[C@H](CCc1ccc(O)c(O)c1)O[C@H]1OC[C@H](O)[C@@H](O)[C@@H]1OC(=O)c1ccccc1. The summed E-state index contributed by atoms with van der Waals surface area (Å²) in [5.41, 5.74) is 1.54. The Kier molecular flexibility index (Phi) is 10.4.